The van der Waals surface area contributed by atoms with E-state index in [-0.39, 0.29) is 12.5 Å². The molecule has 1 heterocycles. The number of esters is 1. The highest BCUT2D eigenvalue weighted by Crippen LogP contribution is 2.20. The van der Waals surface area contributed by atoms with Gasteiger partial charge in [0.2, 0.25) is 0 Å². The molecule has 1 aromatic rings. The maximum absolute atomic E-state index is 13.7. The van der Waals surface area contributed by atoms with Crippen LogP contribution in [0, 0.1) is 5.82 Å². The third kappa shape index (κ3) is 3.20. The molecule has 1 aliphatic heterocycles. The van der Waals surface area contributed by atoms with Crippen LogP contribution in [0.2, 0.25) is 0 Å². The monoisotopic (exact) mass is 253 g/mol. The largest absolute Gasteiger partial charge is 0.489 e. The average Bonchev–Trinajstić information content (AvgIpc) is 2.85. The predicted molar refractivity (Wildman–Crippen MR) is 64.0 cm³/mol. The summed E-state index contributed by atoms with van der Waals surface area (Å²) in [7, 11) is 1.28. The fourth-order valence-electron chi connectivity index (χ4n) is 1.89. The molecule has 0 saturated carbocycles. The second-order valence-electron chi connectivity index (χ2n) is 4.24. The van der Waals surface area contributed by atoms with E-state index >= 15 is 0 Å². The maximum Gasteiger partial charge on any atom is 0.310 e. The van der Waals surface area contributed by atoms with Gasteiger partial charge in [-0.1, -0.05) is 6.07 Å². The van der Waals surface area contributed by atoms with Crippen LogP contribution in [0.1, 0.15) is 12.0 Å². The van der Waals surface area contributed by atoms with Crippen molar-refractivity contribution in [3.8, 4) is 5.75 Å². The van der Waals surface area contributed by atoms with Crippen LogP contribution in [-0.2, 0) is 16.0 Å². The Kier molecular flexibility index (Phi) is 4.15. The molecular weight excluding hydrogens is 237 g/mol. The summed E-state index contributed by atoms with van der Waals surface area (Å²) in [6.45, 7) is 1.71. The van der Waals surface area contributed by atoms with Crippen molar-refractivity contribution < 1.29 is 18.7 Å². The number of carbonyl (C=O) groups excluding carboxylic acids is 1. The van der Waals surface area contributed by atoms with Crippen LogP contribution >= 0.6 is 0 Å². The van der Waals surface area contributed by atoms with Gasteiger partial charge < -0.3 is 14.8 Å². The summed E-state index contributed by atoms with van der Waals surface area (Å²) in [6, 6.07) is 4.56. The van der Waals surface area contributed by atoms with Crippen LogP contribution in [-0.4, -0.2) is 32.3 Å². The predicted octanol–water partition coefficient (Wildman–Crippen LogP) is 1.28. The molecule has 1 atom stereocenters. The van der Waals surface area contributed by atoms with Crippen molar-refractivity contribution in [2.75, 3.05) is 20.2 Å². The van der Waals surface area contributed by atoms with Gasteiger partial charge in [0.05, 0.1) is 13.5 Å². The fraction of sp³-hybridized carbons (Fsp3) is 0.462. The number of hydrogen-bond donors (Lipinski definition) is 1. The molecule has 1 saturated heterocycles. The van der Waals surface area contributed by atoms with E-state index < -0.39 is 11.8 Å². The third-order valence-electron chi connectivity index (χ3n) is 2.90. The number of benzene rings is 1. The molecule has 1 aliphatic rings. The smallest absolute Gasteiger partial charge is 0.310 e. The van der Waals surface area contributed by atoms with Crippen LogP contribution in [0.4, 0.5) is 4.39 Å². The van der Waals surface area contributed by atoms with Gasteiger partial charge in [0, 0.05) is 12.6 Å². The highest BCUT2D eigenvalue weighted by Gasteiger charge is 2.17. The zero-order valence-corrected chi connectivity index (χ0v) is 10.2. The van der Waals surface area contributed by atoms with Gasteiger partial charge in [-0.15, -0.1) is 0 Å². The maximum atomic E-state index is 13.7. The molecule has 0 aliphatic carbocycles. The highest BCUT2D eigenvalue weighted by molar-refractivity contribution is 5.72. The fourth-order valence-corrected chi connectivity index (χ4v) is 1.89. The lowest BCUT2D eigenvalue weighted by Gasteiger charge is -2.13. The molecule has 0 aromatic heterocycles. The van der Waals surface area contributed by atoms with E-state index in [1.54, 1.807) is 12.1 Å². The van der Waals surface area contributed by atoms with Crippen molar-refractivity contribution in [2.24, 2.45) is 0 Å². The van der Waals surface area contributed by atoms with Crippen molar-refractivity contribution >= 4 is 5.97 Å². The Bertz CT molecular complexity index is 430. The first-order valence-electron chi connectivity index (χ1n) is 5.91. The van der Waals surface area contributed by atoms with E-state index in [0.29, 0.717) is 11.3 Å². The minimum absolute atomic E-state index is 0.0619. The number of halogens is 1. The van der Waals surface area contributed by atoms with E-state index in [0.717, 1.165) is 19.5 Å². The van der Waals surface area contributed by atoms with Gasteiger partial charge in [0.1, 0.15) is 17.7 Å². The van der Waals surface area contributed by atoms with E-state index in [1.165, 1.54) is 13.2 Å². The summed E-state index contributed by atoms with van der Waals surface area (Å²) in [5, 5.41) is 3.17. The number of ether oxygens (including phenoxy) is 2. The first kappa shape index (κ1) is 12.8. The van der Waals surface area contributed by atoms with Gasteiger partial charge >= 0.3 is 5.97 Å². The van der Waals surface area contributed by atoms with Gasteiger partial charge in [-0.3, -0.25) is 4.79 Å². The van der Waals surface area contributed by atoms with E-state index in [9.17, 15) is 9.18 Å². The lowest BCUT2D eigenvalue weighted by molar-refractivity contribution is -0.139. The molecule has 4 nitrogen and oxygen atoms in total. The number of rotatable bonds is 4. The first-order valence-corrected chi connectivity index (χ1v) is 5.91. The van der Waals surface area contributed by atoms with Gasteiger partial charge in [-0.05, 0) is 24.6 Å². The summed E-state index contributed by atoms with van der Waals surface area (Å²) in [5.74, 6) is -0.402. The summed E-state index contributed by atoms with van der Waals surface area (Å²) in [6.07, 6.45) is 0.954. The second kappa shape index (κ2) is 5.82. The molecule has 0 amide bonds. The zero-order valence-electron chi connectivity index (χ0n) is 10.2. The lowest BCUT2D eigenvalue weighted by atomic mass is 10.1. The van der Waals surface area contributed by atoms with Crippen LogP contribution in [0.15, 0.2) is 18.2 Å². The van der Waals surface area contributed by atoms with Gasteiger partial charge in [0.25, 0.3) is 0 Å². The molecule has 1 N–H and O–H groups in total. The van der Waals surface area contributed by atoms with Crippen LogP contribution in [0.5, 0.6) is 5.75 Å². The topological polar surface area (TPSA) is 47.6 Å². The molecule has 0 radical (unpaired) electrons. The normalized spacial score (nSPS) is 18.7. The summed E-state index contributed by atoms with van der Waals surface area (Å²) in [5.41, 5.74) is 0.318. The molecule has 18 heavy (non-hydrogen) atoms. The lowest BCUT2D eigenvalue weighted by Crippen LogP contribution is -2.19. The van der Waals surface area contributed by atoms with Gasteiger partial charge in [-0.25, -0.2) is 4.39 Å². The first-order chi connectivity index (χ1) is 8.69. The van der Waals surface area contributed by atoms with Crippen molar-refractivity contribution in [1.82, 2.24) is 5.32 Å². The molecule has 98 valence electrons. The second-order valence-corrected chi connectivity index (χ2v) is 4.24. The third-order valence-corrected chi connectivity index (χ3v) is 2.90. The molecule has 1 fully saturated rings. The standard InChI is InChI=1S/C13H16FNO3/c1-17-13(16)6-9-2-3-10(7-12(9)14)18-11-4-5-15-8-11/h2-3,7,11,15H,4-6,8H2,1H3/t11-/m0/s1. The Morgan fingerprint density at radius 2 is 2.39 bits per heavy atom. The van der Waals surface area contributed by atoms with Gasteiger partial charge in [0.15, 0.2) is 0 Å². The van der Waals surface area contributed by atoms with Crippen molar-refractivity contribution in [2.45, 2.75) is 18.9 Å². The Morgan fingerprint density at radius 1 is 1.56 bits per heavy atom. The molecular formula is C13H16FNO3. The number of hydrogen-bond acceptors (Lipinski definition) is 4. The quantitative estimate of drug-likeness (QED) is 0.821. The molecule has 0 spiro atoms. The molecule has 0 unspecified atom stereocenters. The number of nitrogens with one attached hydrogen (secondary N) is 1. The Morgan fingerprint density at radius 3 is 3.00 bits per heavy atom. The summed E-state index contributed by atoms with van der Waals surface area (Å²) >= 11 is 0. The van der Waals surface area contributed by atoms with E-state index in [1.807, 2.05) is 0 Å². The molecule has 0 bridgehead atoms. The van der Waals surface area contributed by atoms with E-state index in [2.05, 4.69) is 10.1 Å². The van der Waals surface area contributed by atoms with Crippen LogP contribution in [0.3, 0.4) is 0 Å². The molecule has 1 aromatic carbocycles. The Balaban J connectivity index is 2.02. The summed E-state index contributed by atoms with van der Waals surface area (Å²) < 4.78 is 23.8. The minimum atomic E-state index is -0.456. The Hall–Kier alpha value is -1.62. The van der Waals surface area contributed by atoms with Crippen LogP contribution in [0.25, 0.3) is 0 Å². The highest BCUT2D eigenvalue weighted by atomic mass is 19.1. The number of carbonyl (C=O) groups is 1. The average molecular weight is 253 g/mol. The van der Waals surface area contributed by atoms with Crippen molar-refractivity contribution in [3.63, 3.8) is 0 Å². The summed E-state index contributed by atoms with van der Waals surface area (Å²) in [4.78, 5) is 11.1. The van der Waals surface area contributed by atoms with Crippen molar-refractivity contribution in [3.05, 3.63) is 29.6 Å². The zero-order chi connectivity index (χ0) is 13.0. The molecule has 5 heteroatoms. The SMILES string of the molecule is COC(=O)Cc1ccc(O[C@H]2CCNC2)cc1F. The van der Waals surface area contributed by atoms with Crippen molar-refractivity contribution in [1.29, 1.82) is 0 Å². The Labute approximate surface area is 105 Å². The van der Waals surface area contributed by atoms with Gasteiger partial charge in [-0.2, -0.15) is 0 Å². The van der Waals surface area contributed by atoms with Crippen LogP contribution < -0.4 is 10.1 Å². The number of methoxy groups -OCH3 is 1. The van der Waals surface area contributed by atoms with E-state index in [4.69, 9.17) is 4.74 Å². The minimum Gasteiger partial charge on any atom is -0.489 e. The molecule has 2 rings (SSSR count).